The van der Waals surface area contributed by atoms with Crippen LogP contribution in [0.25, 0.3) is 0 Å². The number of carbonyl (C=O) groups is 1. The maximum atomic E-state index is 12.7. The van der Waals surface area contributed by atoms with E-state index in [9.17, 15) is 4.79 Å². The van der Waals surface area contributed by atoms with Gasteiger partial charge in [-0.3, -0.25) is 4.79 Å². The van der Waals surface area contributed by atoms with Gasteiger partial charge in [-0.25, -0.2) is 0 Å². The SMILES string of the molecule is CC(=O)N(CCc1ccccc1)C(C)(c1cnoc1)c1ccccc1Br. The smallest absolute Gasteiger partial charge is 0.220 e. The molecule has 0 fully saturated rings. The molecule has 0 radical (unpaired) electrons. The Labute approximate surface area is 161 Å². The number of aromatic nitrogens is 1. The molecular weight excluding hydrogens is 392 g/mol. The molecule has 26 heavy (non-hydrogen) atoms. The highest BCUT2D eigenvalue weighted by molar-refractivity contribution is 9.10. The lowest BCUT2D eigenvalue weighted by molar-refractivity contribution is -0.133. The normalized spacial score (nSPS) is 13.2. The lowest BCUT2D eigenvalue weighted by atomic mass is 9.84. The zero-order valence-corrected chi connectivity index (χ0v) is 16.4. The van der Waals surface area contributed by atoms with Crippen LogP contribution in [0.5, 0.6) is 0 Å². The molecule has 0 aliphatic carbocycles. The molecule has 0 N–H and O–H groups in total. The molecule has 1 amide bonds. The summed E-state index contributed by atoms with van der Waals surface area (Å²) in [6, 6.07) is 18.1. The Balaban J connectivity index is 2.03. The molecular formula is C21H21BrN2O2. The summed E-state index contributed by atoms with van der Waals surface area (Å²) in [5.41, 5.74) is 2.33. The van der Waals surface area contributed by atoms with Gasteiger partial charge >= 0.3 is 0 Å². The minimum absolute atomic E-state index is 0.000356. The zero-order valence-electron chi connectivity index (χ0n) is 14.9. The van der Waals surface area contributed by atoms with Crippen LogP contribution in [0.1, 0.15) is 30.5 Å². The number of rotatable bonds is 6. The first kappa shape index (κ1) is 18.4. The summed E-state index contributed by atoms with van der Waals surface area (Å²) < 4.78 is 6.05. The number of amides is 1. The number of halogens is 1. The largest absolute Gasteiger partial charge is 0.364 e. The molecule has 0 saturated carbocycles. The van der Waals surface area contributed by atoms with Crippen LogP contribution in [-0.2, 0) is 16.8 Å². The molecule has 0 aliphatic rings. The Morgan fingerprint density at radius 3 is 2.46 bits per heavy atom. The van der Waals surface area contributed by atoms with Crippen molar-refractivity contribution >= 4 is 21.8 Å². The molecule has 0 bridgehead atoms. The van der Waals surface area contributed by atoms with Crippen LogP contribution in [0.3, 0.4) is 0 Å². The van der Waals surface area contributed by atoms with Gasteiger partial charge in [-0.1, -0.05) is 69.6 Å². The lowest BCUT2D eigenvalue weighted by Crippen LogP contribution is -2.48. The summed E-state index contributed by atoms with van der Waals surface area (Å²) in [5.74, 6) is 0.000356. The van der Waals surface area contributed by atoms with E-state index in [4.69, 9.17) is 4.52 Å². The molecule has 1 heterocycles. The number of nitrogens with zero attached hydrogens (tertiary/aromatic N) is 2. The fourth-order valence-corrected chi connectivity index (χ4v) is 4.01. The second-order valence-electron chi connectivity index (χ2n) is 6.37. The summed E-state index contributed by atoms with van der Waals surface area (Å²) in [6.45, 7) is 4.22. The summed E-state index contributed by atoms with van der Waals surface area (Å²) in [7, 11) is 0. The predicted molar refractivity (Wildman–Crippen MR) is 105 cm³/mol. The van der Waals surface area contributed by atoms with Crippen molar-refractivity contribution in [2.24, 2.45) is 0 Å². The van der Waals surface area contributed by atoms with E-state index >= 15 is 0 Å². The van der Waals surface area contributed by atoms with Gasteiger partial charge in [0.2, 0.25) is 5.91 Å². The second-order valence-corrected chi connectivity index (χ2v) is 7.23. The molecule has 1 atom stereocenters. The zero-order chi connectivity index (χ0) is 18.6. The molecule has 4 nitrogen and oxygen atoms in total. The average Bonchev–Trinajstić information content (AvgIpc) is 3.18. The van der Waals surface area contributed by atoms with Crippen LogP contribution in [0.15, 0.2) is 76.1 Å². The summed E-state index contributed by atoms with van der Waals surface area (Å²) in [6.07, 6.45) is 4.06. The summed E-state index contributed by atoms with van der Waals surface area (Å²) in [5, 5.41) is 3.88. The fraction of sp³-hybridized carbons (Fsp3) is 0.238. The lowest BCUT2D eigenvalue weighted by Gasteiger charge is -2.41. The molecule has 2 aromatic carbocycles. The predicted octanol–water partition coefficient (Wildman–Crippen LogP) is 4.79. The Hall–Kier alpha value is -2.40. The molecule has 0 spiro atoms. The Morgan fingerprint density at radius 2 is 1.85 bits per heavy atom. The number of hydrogen-bond donors (Lipinski definition) is 0. The maximum absolute atomic E-state index is 12.7. The van der Waals surface area contributed by atoms with Crippen LogP contribution in [0.2, 0.25) is 0 Å². The molecule has 0 saturated heterocycles. The third-order valence-corrected chi connectivity index (χ3v) is 5.47. The molecule has 5 heteroatoms. The summed E-state index contributed by atoms with van der Waals surface area (Å²) >= 11 is 3.64. The number of hydrogen-bond acceptors (Lipinski definition) is 3. The molecule has 1 aromatic heterocycles. The molecule has 1 unspecified atom stereocenters. The van der Waals surface area contributed by atoms with Crippen molar-refractivity contribution in [1.82, 2.24) is 10.1 Å². The van der Waals surface area contributed by atoms with E-state index in [2.05, 4.69) is 33.2 Å². The van der Waals surface area contributed by atoms with Crippen molar-refractivity contribution < 1.29 is 9.32 Å². The van der Waals surface area contributed by atoms with Gasteiger partial charge in [0.05, 0.1) is 11.7 Å². The third kappa shape index (κ3) is 3.58. The monoisotopic (exact) mass is 412 g/mol. The van der Waals surface area contributed by atoms with Crippen LogP contribution in [0.4, 0.5) is 0 Å². The molecule has 3 aromatic rings. The summed E-state index contributed by atoms with van der Waals surface area (Å²) in [4.78, 5) is 14.5. The van der Waals surface area contributed by atoms with Crippen LogP contribution < -0.4 is 0 Å². The maximum Gasteiger partial charge on any atom is 0.220 e. The van der Waals surface area contributed by atoms with Crippen molar-refractivity contribution in [3.63, 3.8) is 0 Å². The van der Waals surface area contributed by atoms with Gasteiger partial charge < -0.3 is 9.42 Å². The van der Waals surface area contributed by atoms with E-state index in [0.717, 1.165) is 22.0 Å². The fourth-order valence-electron chi connectivity index (χ4n) is 3.34. The van der Waals surface area contributed by atoms with Crippen LogP contribution in [-0.4, -0.2) is 22.5 Å². The van der Waals surface area contributed by atoms with Gasteiger partial charge in [-0.2, -0.15) is 0 Å². The van der Waals surface area contributed by atoms with E-state index in [1.165, 1.54) is 5.56 Å². The van der Waals surface area contributed by atoms with Crippen LogP contribution >= 0.6 is 15.9 Å². The van der Waals surface area contributed by atoms with Crippen molar-refractivity contribution in [3.8, 4) is 0 Å². The van der Waals surface area contributed by atoms with Gasteiger partial charge in [0.15, 0.2) is 0 Å². The van der Waals surface area contributed by atoms with Crippen molar-refractivity contribution in [1.29, 1.82) is 0 Å². The first-order valence-electron chi connectivity index (χ1n) is 8.50. The number of benzene rings is 2. The molecule has 3 rings (SSSR count). The third-order valence-electron chi connectivity index (χ3n) is 4.78. The Kier molecular flexibility index (Phi) is 5.57. The van der Waals surface area contributed by atoms with Gasteiger partial charge in [-0.15, -0.1) is 0 Å². The highest BCUT2D eigenvalue weighted by Crippen LogP contribution is 2.39. The standard InChI is InChI=1S/C21H21BrN2O2/c1-16(25)24(13-12-17-8-4-3-5-9-17)21(2,18-14-23-26-15-18)19-10-6-7-11-20(19)22/h3-11,14-15H,12-13H2,1-2H3. The van der Waals surface area contributed by atoms with Gasteiger partial charge in [0, 0.05) is 23.5 Å². The number of carbonyl (C=O) groups excluding carboxylic acids is 1. The highest BCUT2D eigenvalue weighted by Gasteiger charge is 2.39. The van der Waals surface area contributed by atoms with Gasteiger partial charge in [0.25, 0.3) is 0 Å². The van der Waals surface area contributed by atoms with Crippen molar-refractivity contribution in [2.75, 3.05) is 6.54 Å². The molecule has 134 valence electrons. The minimum Gasteiger partial charge on any atom is -0.364 e. The average molecular weight is 413 g/mol. The van der Waals surface area contributed by atoms with E-state index in [-0.39, 0.29) is 5.91 Å². The quantitative estimate of drug-likeness (QED) is 0.584. The minimum atomic E-state index is -0.694. The second kappa shape index (κ2) is 7.87. The van der Waals surface area contributed by atoms with E-state index in [0.29, 0.717) is 6.54 Å². The molecule has 0 aliphatic heterocycles. The van der Waals surface area contributed by atoms with Crippen molar-refractivity contribution in [2.45, 2.75) is 25.8 Å². The first-order valence-corrected chi connectivity index (χ1v) is 9.29. The highest BCUT2D eigenvalue weighted by atomic mass is 79.9. The van der Waals surface area contributed by atoms with Gasteiger partial charge in [-0.05, 0) is 30.5 Å². The van der Waals surface area contributed by atoms with E-state index < -0.39 is 5.54 Å². The van der Waals surface area contributed by atoms with E-state index in [1.807, 2.05) is 54.3 Å². The first-order chi connectivity index (χ1) is 12.5. The van der Waals surface area contributed by atoms with Crippen molar-refractivity contribution in [3.05, 3.63) is 88.2 Å². The Bertz CT molecular complexity index is 865. The topological polar surface area (TPSA) is 46.3 Å². The van der Waals surface area contributed by atoms with E-state index in [1.54, 1.807) is 19.4 Å². The Morgan fingerprint density at radius 1 is 1.15 bits per heavy atom. The van der Waals surface area contributed by atoms with Crippen LogP contribution in [0, 0.1) is 0 Å². The van der Waals surface area contributed by atoms with Gasteiger partial charge in [0.1, 0.15) is 6.26 Å².